The Morgan fingerprint density at radius 1 is 1.40 bits per heavy atom. The van der Waals surface area contributed by atoms with Crippen molar-refractivity contribution in [3.05, 3.63) is 16.9 Å². The zero-order valence-electron chi connectivity index (χ0n) is 12.1. The van der Waals surface area contributed by atoms with Crippen LogP contribution in [0.5, 0.6) is 0 Å². The van der Waals surface area contributed by atoms with E-state index in [1.807, 2.05) is 4.68 Å². The third kappa shape index (κ3) is 3.18. The minimum Gasteiger partial charge on any atom is -0.383 e. The van der Waals surface area contributed by atoms with Gasteiger partial charge in [0.15, 0.2) is 0 Å². The van der Waals surface area contributed by atoms with Crippen molar-refractivity contribution in [2.75, 3.05) is 20.3 Å². The Morgan fingerprint density at radius 2 is 2.25 bits per heavy atom. The molecule has 0 aliphatic heterocycles. The van der Waals surface area contributed by atoms with Gasteiger partial charge in [-0.15, -0.1) is 0 Å². The fraction of sp³-hybridized carbons (Fsp3) is 0.800. The molecule has 2 unspecified atom stereocenters. The molecule has 2 saturated carbocycles. The number of hydrogen-bond donors (Lipinski definition) is 1. The smallest absolute Gasteiger partial charge is 0.0820 e. The molecule has 5 heteroatoms. The molecule has 2 aliphatic rings. The number of nitrogens with zero attached hydrogens (tertiary/aromatic N) is 2. The molecular weight excluding hydrogens is 274 g/mol. The van der Waals surface area contributed by atoms with Crippen LogP contribution in [0.25, 0.3) is 0 Å². The standard InChI is InChI=1S/C15H24ClN3O/c1-20-8-7-19-15(14(16)10-18-19)13-4-2-3-11(13)9-17-12-5-6-12/h10-13,17H,2-9H2,1H3. The fourth-order valence-electron chi connectivity index (χ4n) is 3.34. The summed E-state index contributed by atoms with van der Waals surface area (Å²) in [4.78, 5) is 0. The number of methoxy groups -OCH3 is 1. The van der Waals surface area contributed by atoms with Gasteiger partial charge in [0.1, 0.15) is 0 Å². The molecule has 0 aromatic carbocycles. The Balaban J connectivity index is 1.70. The van der Waals surface area contributed by atoms with Gasteiger partial charge in [-0.3, -0.25) is 4.68 Å². The summed E-state index contributed by atoms with van der Waals surface area (Å²) in [5.74, 6) is 1.25. The van der Waals surface area contributed by atoms with Gasteiger partial charge in [-0.1, -0.05) is 18.0 Å². The molecule has 112 valence electrons. The first-order valence-electron chi connectivity index (χ1n) is 7.73. The lowest BCUT2D eigenvalue weighted by Gasteiger charge is -2.22. The molecule has 1 aromatic rings. The highest BCUT2D eigenvalue weighted by Crippen LogP contribution is 2.42. The van der Waals surface area contributed by atoms with E-state index in [4.69, 9.17) is 16.3 Å². The van der Waals surface area contributed by atoms with E-state index in [0.717, 1.165) is 24.2 Å². The molecule has 1 aromatic heterocycles. The lowest BCUT2D eigenvalue weighted by molar-refractivity contribution is 0.181. The summed E-state index contributed by atoms with van der Waals surface area (Å²) >= 11 is 6.40. The third-order valence-corrected chi connectivity index (χ3v) is 4.89. The van der Waals surface area contributed by atoms with E-state index >= 15 is 0 Å². The molecule has 0 bridgehead atoms. The summed E-state index contributed by atoms with van der Waals surface area (Å²) in [6, 6.07) is 0.783. The highest BCUT2D eigenvalue weighted by Gasteiger charge is 2.33. The molecule has 0 amide bonds. The number of aromatic nitrogens is 2. The van der Waals surface area contributed by atoms with Gasteiger partial charge in [-0.25, -0.2) is 0 Å². The van der Waals surface area contributed by atoms with Crippen LogP contribution in [-0.4, -0.2) is 36.1 Å². The molecule has 2 aliphatic carbocycles. The normalized spacial score (nSPS) is 26.3. The number of halogens is 1. The van der Waals surface area contributed by atoms with Gasteiger partial charge in [0.2, 0.25) is 0 Å². The Hall–Kier alpha value is -0.580. The van der Waals surface area contributed by atoms with Crippen LogP contribution in [0.2, 0.25) is 5.02 Å². The molecule has 20 heavy (non-hydrogen) atoms. The molecular formula is C15H24ClN3O. The lowest BCUT2D eigenvalue weighted by atomic mass is 9.92. The quantitative estimate of drug-likeness (QED) is 0.841. The second-order valence-corrected chi connectivity index (χ2v) is 6.48. The minimum atomic E-state index is 0.549. The summed E-state index contributed by atoms with van der Waals surface area (Å²) in [6.45, 7) is 2.60. The Morgan fingerprint density at radius 3 is 3.00 bits per heavy atom. The average Bonchev–Trinajstić information content (AvgIpc) is 3.05. The molecule has 2 fully saturated rings. The Labute approximate surface area is 125 Å². The first kappa shape index (κ1) is 14.4. The van der Waals surface area contributed by atoms with Crippen LogP contribution in [0.1, 0.15) is 43.7 Å². The molecule has 2 atom stereocenters. The maximum absolute atomic E-state index is 6.40. The summed E-state index contributed by atoms with van der Waals surface area (Å²) < 4.78 is 7.22. The third-order valence-electron chi connectivity index (χ3n) is 4.60. The van der Waals surface area contributed by atoms with Gasteiger partial charge in [-0.05, 0) is 38.1 Å². The van der Waals surface area contributed by atoms with Crippen LogP contribution in [0.4, 0.5) is 0 Å². The zero-order chi connectivity index (χ0) is 13.9. The first-order chi connectivity index (χ1) is 9.79. The van der Waals surface area contributed by atoms with Crippen molar-refractivity contribution >= 4 is 11.6 Å². The molecule has 0 saturated heterocycles. The topological polar surface area (TPSA) is 39.1 Å². The van der Waals surface area contributed by atoms with Crippen molar-refractivity contribution in [2.24, 2.45) is 5.92 Å². The Bertz CT molecular complexity index is 444. The van der Waals surface area contributed by atoms with E-state index in [1.54, 1.807) is 13.3 Å². The van der Waals surface area contributed by atoms with E-state index in [2.05, 4.69) is 10.4 Å². The van der Waals surface area contributed by atoms with Crippen molar-refractivity contribution in [1.29, 1.82) is 0 Å². The highest BCUT2D eigenvalue weighted by atomic mass is 35.5. The van der Waals surface area contributed by atoms with Gasteiger partial charge in [-0.2, -0.15) is 5.10 Å². The monoisotopic (exact) mass is 297 g/mol. The van der Waals surface area contributed by atoms with Crippen molar-refractivity contribution in [1.82, 2.24) is 15.1 Å². The number of rotatable bonds is 7. The molecule has 3 rings (SSSR count). The maximum atomic E-state index is 6.40. The van der Waals surface area contributed by atoms with E-state index < -0.39 is 0 Å². The van der Waals surface area contributed by atoms with Gasteiger partial charge in [0.05, 0.1) is 30.1 Å². The van der Waals surface area contributed by atoms with Crippen molar-refractivity contribution < 1.29 is 4.74 Å². The van der Waals surface area contributed by atoms with Gasteiger partial charge >= 0.3 is 0 Å². The SMILES string of the molecule is COCCn1ncc(Cl)c1C1CCCC1CNC1CC1. The Kier molecular flexibility index (Phi) is 4.64. The predicted molar refractivity (Wildman–Crippen MR) is 80.2 cm³/mol. The number of hydrogen-bond acceptors (Lipinski definition) is 3. The van der Waals surface area contributed by atoms with Crippen molar-refractivity contribution in [2.45, 2.75) is 50.6 Å². The predicted octanol–water partition coefficient (Wildman–Crippen LogP) is 2.82. The lowest BCUT2D eigenvalue weighted by Crippen LogP contribution is -2.27. The second-order valence-electron chi connectivity index (χ2n) is 6.07. The summed E-state index contributed by atoms with van der Waals surface area (Å²) in [6.07, 6.45) is 8.32. The first-order valence-corrected chi connectivity index (χ1v) is 8.11. The zero-order valence-corrected chi connectivity index (χ0v) is 12.9. The highest BCUT2D eigenvalue weighted by molar-refractivity contribution is 6.31. The van der Waals surface area contributed by atoms with Crippen LogP contribution in [0.3, 0.4) is 0 Å². The molecule has 1 N–H and O–H groups in total. The van der Waals surface area contributed by atoms with Gasteiger partial charge in [0.25, 0.3) is 0 Å². The largest absolute Gasteiger partial charge is 0.383 e. The minimum absolute atomic E-state index is 0.549. The van der Waals surface area contributed by atoms with Crippen LogP contribution in [0, 0.1) is 5.92 Å². The van der Waals surface area contributed by atoms with E-state index in [1.165, 1.54) is 37.8 Å². The molecule has 0 spiro atoms. The van der Waals surface area contributed by atoms with Crippen molar-refractivity contribution in [3.63, 3.8) is 0 Å². The molecule has 0 radical (unpaired) electrons. The maximum Gasteiger partial charge on any atom is 0.0820 e. The van der Waals surface area contributed by atoms with Crippen LogP contribution in [0.15, 0.2) is 6.20 Å². The molecule has 4 nitrogen and oxygen atoms in total. The van der Waals surface area contributed by atoms with Crippen LogP contribution in [-0.2, 0) is 11.3 Å². The van der Waals surface area contributed by atoms with Crippen LogP contribution < -0.4 is 5.32 Å². The van der Waals surface area contributed by atoms with E-state index in [9.17, 15) is 0 Å². The number of nitrogens with one attached hydrogen (secondary N) is 1. The second kappa shape index (κ2) is 6.46. The molecule has 1 heterocycles. The summed E-state index contributed by atoms with van der Waals surface area (Å²) in [7, 11) is 1.72. The summed E-state index contributed by atoms with van der Waals surface area (Å²) in [5.41, 5.74) is 1.23. The van der Waals surface area contributed by atoms with Gasteiger partial charge in [0, 0.05) is 19.1 Å². The average molecular weight is 298 g/mol. The van der Waals surface area contributed by atoms with Crippen molar-refractivity contribution in [3.8, 4) is 0 Å². The fourth-order valence-corrected chi connectivity index (χ4v) is 3.62. The van der Waals surface area contributed by atoms with Crippen LogP contribution >= 0.6 is 11.6 Å². The number of ether oxygens (including phenoxy) is 1. The van der Waals surface area contributed by atoms with E-state index in [0.29, 0.717) is 18.4 Å². The van der Waals surface area contributed by atoms with E-state index in [-0.39, 0.29) is 0 Å². The van der Waals surface area contributed by atoms with Gasteiger partial charge < -0.3 is 10.1 Å². The summed E-state index contributed by atoms with van der Waals surface area (Å²) in [5, 5.41) is 8.92.